The van der Waals surface area contributed by atoms with Crippen molar-refractivity contribution < 1.29 is 19.4 Å². The monoisotopic (exact) mass is 344 g/mol. The van der Waals surface area contributed by atoms with Crippen molar-refractivity contribution in [3.8, 4) is 0 Å². The molecule has 0 radical (unpaired) electrons. The minimum atomic E-state index is -1.04. The maximum absolute atomic E-state index is 12.2. The molecule has 1 rings (SSSR count). The molecule has 1 aromatic carbocycles. The van der Waals surface area contributed by atoms with E-state index >= 15 is 0 Å². The fourth-order valence-corrected chi connectivity index (χ4v) is 1.88. The van der Waals surface area contributed by atoms with Crippen LogP contribution in [0, 0.1) is 5.92 Å². The molecule has 7 heteroatoms. The normalized spacial score (nSPS) is 12.9. The van der Waals surface area contributed by atoms with Gasteiger partial charge in [-0.15, -0.1) is 12.4 Å². The van der Waals surface area contributed by atoms with Crippen molar-refractivity contribution in [3.63, 3.8) is 0 Å². The number of nitrogens with one attached hydrogen (secondary N) is 1. The first-order chi connectivity index (χ1) is 10.4. The summed E-state index contributed by atoms with van der Waals surface area (Å²) in [6, 6.07) is 7.48. The van der Waals surface area contributed by atoms with E-state index in [1.807, 2.05) is 44.2 Å². The lowest BCUT2D eigenvalue weighted by Gasteiger charge is -2.20. The molecule has 0 spiro atoms. The molecule has 130 valence electrons. The van der Waals surface area contributed by atoms with Crippen molar-refractivity contribution in [1.82, 2.24) is 5.32 Å². The minimum Gasteiger partial charge on any atom is -0.459 e. The summed E-state index contributed by atoms with van der Waals surface area (Å²) in [7, 11) is 0. The molecule has 0 aromatic heterocycles. The van der Waals surface area contributed by atoms with E-state index in [1.54, 1.807) is 0 Å². The number of ether oxygens (including phenoxy) is 1. The van der Waals surface area contributed by atoms with E-state index in [9.17, 15) is 9.59 Å². The van der Waals surface area contributed by atoms with Crippen molar-refractivity contribution in [2.24, 2.45) is 11.7 Å². The lowest BCUT2D eigenvalue weighted by Crippen LogP contribution is -2.50. The lowest BCUT2D eigenvalue weighted by molar-refractivity contribution is -0.149. The fourth-order valence-electron chi connectivity index (χ4n) is 1.88. The number of esters is 1. The molecule has 0 unspecified atom stereocenters. The summed E-state index contributed by atoms with van der Waals surface area (Å²) < 4.78 is 5.25. The Kier molecular flexibility index (Phi) is 10.2. The Morgan fingerprint density at radius 1 is 1.26 bits per heavy atom. The van der Waals surface area contributed by atoms with Gasteiger partial charge in [-0.1, -0.05) is 44.2 Å². The summed E-state index contributed by atoms with van der Waals surface area (Å²) in [5.74, 6) is -0.874. The Balaban J connectivity index is 0.00000484. The molecule has 4 N–H and O–H groups in total. The van der Waals surface area contributed by atoms with Crippen molar-refractivity contribution in [3.05, 3.63) is 35.9 Å². The van der Waals surface area contributed by atoms with Gasteiger partial charge in [-0.3, -0.25) is 4.79 Å². The molecular weight excluding hydrogens is 320 g/mol. The van der Waals surface area contributed by atoms with E-state index in [-0.39, 0.29) is 24.9 Å². The molecule has 1 aromatic rings. The highest BCUT2D eigenvalue weighted by molar-refractivity contribution is 5.87. The van der Waals surface area contributed by atoms with Gasteiger partial charge in [0.25, 0.3) is 0 Å². The molecule has 0 saturated heterocycles. The molecule has 0 saturated carbocycles. The quantitative estimate of drug-likeness (QED) is 0.611. The van der Waals surface area contributed by atoms with Crippen molar-refractivity contribution >= 4 is 24.3 Å². The molecule has 1 amide bonds. The second kappa shape index (κ2) is 11.0. The van der Waals surface area contributed by atoms with Crippen LogP contribution in [-0.4, -0.2) is 35.7 Å². The van der Waals surface area contributed by atoms with E-state index in [4.69, 9.17) is 15.6 Å². The van der Waals surface area contributed by atoms with Crippen LogP contribution >= 0.6 is 12.4 Å². The van der Waals surface area contributed by atoms with Crippen molar-refractivity contribution in [1.29, 1.82) is 0 Å². The number of hydrogen-bond donors (Lipinski definition) is 3. The number of nitrogens with two attached hydrogens (primary N) is 1. The highest BCUT2D eigenvalue weighted by Crippen LogP contribution is 2.09. The summed E-state index contributed by atoms with van der Waals surface area (Å²) in [5, 5.41) is 11.4. The number of amides is 1. The Labute approximate surface area is 142 Å². The van der Waals surface area contributed by atoms with Gasteiger partial charge >= 0.3 is 5.97 Å². The predicted octanol–water partition coefficient (Wildman–Crippen LogP) is 1.00. The van der Waals surface area contributed by atoms with E-state index < -0.39 is 30.6 Å². The number of aliphatic hydroxyl groups excluding tert-OH is 1. The highest BCUT2D eigenvalue weighted by Gasteiger charge is 2.25. The van der Waals surface area contributed by atoms with E-state index in [0.717, 1.165) is 5.56 Å². The zero-order chi connectivity index (χ0) is 16.5. The van der Waals surface area contributed by atoms with E-state index in [1.165, 1.54) is 0 Å². The smallest absolute Gasteiger partial charge is 0.328 e. The fraction of sp³-hybridized carbons (Fsp3) is 0.500. The molecule has 23 heavy (non-hydrogen) atoms. The molecule has 0 aliphatic rings. The number of carbonyl (C=O) groups is 2. The number of benzene rings is 1. The van der Waals surface area contributed by atoms with Crippen LogP contribution in [0.25, 0.3) is 0 Å². The Morgan fingerprint density at radius 2 is 1.87 bits per heavy atom. The first-order valence-corrected chi connectivity index (χ1v) is 7.31. The third kappa shape index (κ3) is 7.97. The summed E-state index contributed by atoms with van der Waals surface area (Å²) in [4.78, 5) is 23.9. The molecule has 0 aliphatic carbocycles. The molecule has 0 bridgehead atoms. The van der Waals surface area contributed by atoms with Gasteiger partial charge in [0.15, 0.2) is 0 Å². The van der Waals surface area contributed by atoms with Crippen LogP contribution in [0.4, 0.5) is 0 Å². The van der Waals surface area contributed by atoms with E-state index in [0.29, 0.717) is 6.42 Å². The van der Waals surface area contributed by atoms with Crippen LogP contribution in [0.5, 0.6) is 0 Å². The van der Waals surface area contributed by atoms with Gasteiger partial charge in [0, 0.05) is 0 Å². The average Bonchev–Trinajstić information content (AvgIpc) is 2.51. The zero-order valence-electron chi connectivity index (χ0n) is 13.4. The predicted molar refractivity (Wildman–Crippen MR) is 89.9 cm³/mol. The number of aliphatic hydroxyl groups is 1. The summed E-state index contributed by atoms with van der Waals surface area (Å²) in [6.07, 6.45) is 0.442. The van der Waals surface area contributed by atoms with Gasteiger partial charge in [-0.2, -0.15) is 0 Å². The van der Waals surface area contributed by atoms with Gasteiger partial charge in [-0.05, 0) is 17.9 Å². The van der Waals surface area contributed by atoms with Crippen LogP contribution < -0.4 is 11.1 Å². The summed E-state index contributed by atoms with van der Waals surface area (Å²) in [6.45, 7) is 3.56. The largest absolute Gasteiger partial charge is 0.459 e. The van der Waals surface area contributed by atoms with Gasteiger partial charge in [-0.25, -0.2) is 4.79 Å². The number of carbonyl (C=O) groups excluding carboxylic acids is 2. The Bertz CT molecular complexity index is 482. The first kappa shape index (κ1) is 21.4. The average molecular weight is 345 g/mol. The standard InChI is InChI=1S/C16H24N2O4.ClH/c1-11(2)8-14(18-15(20)13(17)9-19)16(21)22-10-12-6-4-3-5-7-12;/h3-7,11,13-14,19H,8-10,17H2,1-2H3,(H,18,20);1H/t13-,14-;/m0./s1. The summed E-state index contributed by atoms with van der Waals surface area (Å²) >= 11 is 0. The second-order valence-corrected chi connectivity index (χ2v) is 5.57. The third-order valence-electron chi connectivity index (χ3n) is 3.07. The van der Waals surface area contributed by atoms with Crippen LogP contribution in [0.3, 0.4) is 0 Å². The van der Waals surface area contributed by atoms with Gasteiger partial charge in [0.05, 0.1) is 6.61 Å². The number of hydrogen-bond acceptors (Lipinski definition) is 5. The second-order valence-electron chi connectivity index (χ2n) is 5.57. The molecule has 6 nitrogen and oxygen atoms in total. The molecule has 0 heterocycles. The number of rotatable bonds is 8. The van der Waals surface area contributed by atoms with Crippen LogP contribution in [0.1, 0.15) is 25.8 Å². The minimum absolute atomic E-state index is 0. The maximum Gasteiger partial charge on any atom is 0.328 e. The van der Waals surface area contributed by atoms with Gasteiger partial charge in [0.1, 0.15) is 18.7 Å². The number of halogens is 1. The lowest BCUT2D eigenvalue weighted by atomic mass is 10.0. The Morgan fingerprint density at radius 3 is 2.39 bits per heavy atom. The third-order valence-corrected chi connectivity index (χ3v) is 3.07. The van der Waals surface area contributed by atoms with Crippen molar-refractivity contribution in [2.75, 3.05) is 6.61 Å². The molecule has 0 aliphatic heterocycles. The van der Waals surface area contributed by atoms with Gasteiger partial charge < -0.3 is 20.9 Å². The molecule has 2 atom stereocenters. The Hall–Kier alpha value is -1.63. The molecule has 0 fully saturated rings. The van der Waals surface area contributed by atoms with Crippen molar-refractivity contribution in [2.45, 2.75) is 39.0 Å². The molecular formula is C16H25ClN2O4. The van der Waals surface area contributed by atoms with Crippen LogP contribution in [0.2, 0.25) is 0 Å². The van der Waals surface area contributed by atoms with Crippen LogP contribution in [-0.2, 0) is 20.9 Å². The first-order valence-electron chi connectivity index (χ1n) is 7.31. The van der Waals surface area contributed by atoms with Crippen LogP contribution in [0.15, 0.2) is 30.3 Å². The van der Waals surface area contributed by atoms with E-state index in [2.05, 4.69) is 5.32 Å². The topological polar surface area (TPSA) is 102 Å². The zero-order valence-corrected chi connectivity index (χ0v) is 14.2. The maximum atomic E-state index is 12.2. The van der Waals surface area contributed by atoms with Gasteiger partial charge in [0.2, 0.25) is 5.91 Å². The highest BCUT2D eigenvalue weighted by atomic mass is 35.5. The SMILES string of the molecule is CC(C)C[C@H](NC(=O)[C@@H](N)CO)C(=O)OCc1ccccc1.Cl. The summed E-state index contributed by atoms with van der Waals surface area (Å²) in [5.41, 5.74) is 6.32.